The molecule has 0 amide bonds. The van der Waals surface area contributed by atoms with E-state index in [0.29, 0.717) is 0 Å². The zero-order valence-corrected chi connectivity index (χ0v) is 45.1. The van der Waals surface area contributed by atoms with Gasteiger partial charge in [-0.15, -0.1) is 0 Å². The van der Waals surface area contributed by atoms with Crippen LogP contribution in [-0.4, -0.2) is 18.4 Å². The van der Waals surface area contributed by atoms with Crippen molar-refractivity contribution in [2.45, 2.75) is 12.0 Å². The highest BCUT2D eigenvalue weighted by molar-refractivity contribution is 7.00. The summed E-state index contributed by atoms with van der Waals surface area (Å²) in [7, 11) is 0. The van der Waals surface area contributed by atoms with Gasteiger partial charge >= 0.3 is 0 Å². The third kappa shape index (κ3) is 6.77. The molecule has 2 aliphatic carbocycles. The zero-order chi connectivity index (χ0) is 54.0. The molecule has 2 heterocycles. The molecule has 17 rings (SSSR count). The van der Waals surface area contributed by atoms with E-state index < -0.39 is 5.41 Å². The molecule has 5 nitrogen and oxygen atoms in total. The molecule has 0 bridgehead atoms. The molecule has 0 fully saturated rings. The van der Waals surface area contributed by atoms with Crippen molar-refractivity contribution in [3.05, 3.63) is 301 Å². The number of nitrogens with zero attached hydrogens (tertiary/aromatic N) is 4. The summed E-state index contributed by atoms with van der Waals surface area (Å²) < 4.78 is 12.4. The number of hydrogen-bond donors (Lipinski definition) is 1. The van der Waals surface area contributed by atoms with Gasteiger partial charge in [0.25, 0.3) is 0 Å². The second-order valence-corrected chi connectivity index (χ2v) is 22.3. The first-order valence-electron chi connectivity index (χ1n) is 28.0. The molecular formula is C76H48N4OS. The molecule has 0 saturated heterocycles. The first-order valence-corrected chi connectivity index (χ1v) is 28.7. The maximum atomic E-state index is 10.3. The van der Waals surface area contributed by atoms with Crippen LogP contribution in [0.2, 0.25) is 0 Å². The van der Waals surface area contributed by atoms with Crippen molar-refractivity contribution in [1.29, 1.82) is 0 Å². The van der Waals surface area contributed by atoms with Gasteiger partial charge < -0.3 is 14.6 Å². The predicted octanol–water partition coefficient (Wildman–Crippen LogP) is 19.4. The van der Waals surface area contributed by atoms with E-state index in [0.717, 1.165) is 72.6 Å². The van der Waals surface area contributed by atoms with E-state index in [9.17, 15) is 5.11 Å². The number of aliphatic hydroxyl groups excluding tert-OH is 1. The molecule has 0 saturated carbocycles. The van der Waals surface area contributed by atoms with Gasteiger partial charge in [-0.2, -0.15) is 8.75 Å². The van der Waals surface area contributed by atoms with Crippen molar-refractivity contribution in [3.8, 4) is 61.3 Å². The Kier molecular flexibility index (Phi) is 10.3. The molecule has 1 N–H and O–H groups in total. The van der Waals surface area contributed by atoms with Crippen molar-refractivity contribution >= 4 is 83.2 Å². The standard InChI is InChI=1S/C76H48N4OS/c81-46-54-17-6-7-22-58(54)52-18-14-21-57(42-52)79(55-19-2-1-3-20-55)72-40-37-59(74-75(72)78-82-77-74)47-29-34-56(35-30-47)80-70-38-32-50(44-65(70)73-64-43-49-16-5-4-15-48(49)41-53(64)33-39-71(73)80)51-31-36-63-62-25-10-13-28-68(62)76(69(63)45-51)66-26-11-8-23-60(66)61-24-9-12-27-67(61)76/h1-45,81H,46H2. The fourth-order valence-corrected chi connectivity index (χ4v) is 14.6. The lowest BCUT2D eigenvalue weighted by molar-refractivity contribution is 0.282. The van der Waals surface area contributed by atoms with Crippen molar-refractivity contribution in [1.82, 2.24) is 13.3 Å². The summed E-state index contributed by atoms with van der Waals surface area (Å²) in [6.45, 7) is -0.0367. The summed E-state index contributed by atoms with van der Waals surface area (Å²) in [5.74, 6) is 0. The summed E-state index contributed by atoms with van der Waals surface area (Å²) in [6, 6.07) is 99.8. The Morgan fingerprint density at radius 1 is 0.378 bits per heavy atom. The molecule has 13 aromatic carbocycles. The van der Waals surface area contributed by atoms with Gasteiger partial charge in [0.05, 0.1) is 40.5 Å². The molecule has 6 heteroatoms. The first kappa shape index (κ1) is 46.7. The predicted molar refractivity (Wildman–Crippen MR) is 340 cm³/mol. The van der Waals surface area contributed by atoms with Crippen molar-refractivity contribution in [2.24, 2.45) is 0 Å². The van der Waals surface area contributed by atoms with E-state index in [1.807, 2.05) is 24.3 Å². The third-order valence-electron chi connectivity index (χ3n) is 17.6. The molecule has 384 valence electrons. The van der Waals surface area contributed by atoms with Gasteiger partial charge in [-0.05, 0) is 184 Å². The zero-order valence-electron chi connectivity index (χ0n) is 44.3. The van der Waals surface area contributed by atoms with Gasteiger partial charge in [-0.25, -0.2) is 0 Å². The highest BCUT2D eigenvalue weighted by Gasteiger charge is 2.51. The van der Waals surface area contributed by atoms with Gasteiger partial charge in [0.1, 0.15) is 11.0 Å². The SMILES string of the molecule is OCc1ccccc1-c1cccc(N(c2ccccc2)c2ccc(-c3ccc(-n4c5ccc(-c6ccc7c(c6)C6(c8ccccc8-c8ccccc86)c6ccccc6-7)cc5c5c6cc7ccccc7cc6ccc54)cc3)c3nsnc23)c1. The minimum atomic E-state index is -0.424. The first-order chi connectivity index (χ1) is 40.6. The Labute approximate surface area is 477 Å². The number of fused-ring (bicyclic) bond motifs is 17. The number of hydrogen-bond acceptors (Lipinski definition) is 5. The van der Waals surface area contributed by atoms with Crippen LogP contribution in [0.25, 0.3) is 116 Å². The molecule has 2 aliphatic rings. The Balaban J connectivity index is 0.802. The molecule has 0 unspecified atom stereocenters. The molecule has 0 aliphatic heterocycles. The van der Waals surface area contributed by atoms with E-state index >= 15 is 0 Å². The fourth-order valence-electron chi connectivity index (χ4n) is 14.1. The minimum absolute atomic E-state index is 0.0367. The van der Waals surface area contributed by atoms with Crippen molar-refractivity contribution in [2.75, 3.05) is 4.90 Å². The van der Waals surface area contributed by atoms with E-state index in [-0.39, 0.29) is 6.61 Å². The van der Waals surface area contributed by atoms with Crippen LogP contribution in [0.3, 0.4) is 0 Å². The molecule has 15 aromatic rings. The van der Waals surface area contributed by atoms with Gasteiger partial charge in [0.15, 0.2) is 0 Å². The summed E-state index contributed by atoms with van der Waals surface area (Å²) in [6.07, 6.45) is 0. The van der Waals surface area contributed by atoms with Crippen LogP contribution in [0.5, 0.6) is 0 Å². The van der Waals surface area contributed by atoms with Crippen LogP contribution in [0.4, 0.5) is 17.1 Å². The largest absolute Gasteiger partial charge is 0.392 e. The third-order valence-corrected chi connectivity index (χ3v) is 18.2. The average Bonchev–Trinajstić information content (AvgIpc) is 1.95. The second kappa shape index (κ2) is 18.1. The summed E-state index contributed by atoms with van der Waals surface area (Å²) in [5, 5.41) is 17.6. The minimum Gasteiger partial charge on any atom is -0.392 e. The number of rotatable bonds is 8. The Bertz CT molecular complexity index is 5050. The normalized spacial score (nSPS) is 12.8. The number of anilines is 3. The number of para-hydroxylation sites is 1. The van der Waals surface area contributed by atoms with Gasteiger partial charge in [0, 0.05) is 33.4 Å². The molecular weight excluding hydrogens is 1020 g/mol. The summed E-state index contributed by atoms with van der Waals surface area (Å²) in [4.78, 5) is 2.26. The lowest BCUT2D eigenvalue weighted by atomic mass is 9.70. The maximum Gasteiger partial charge on any atom is 0.129 e. The number of benzene rings is 13. The monoisotopic (exact) mass is 1060 g/mol. The Morgan fingerprint density at radius 2 is 0.963 bits per heavy atom. The Morgan fingerprint density at radius 3 is 1.71 bits per heavy atom. The van der Waals surface area contributed by atoms with Crippen LogP contribution in [0, 0.1) is 0 Å². The summed E-state index contributed by atoms with van der Waals surface area (Å²) in [5.41, 5.74) is 25.6. The van der Waals surface area contributed by atoms with E-state index in [4.69, 9.17) is 8.75 Å². The van der Waals surface area contributed by atoms with Gasteiger partial charge in [-0.3, -0.25) is 0 Å². The average molecular weight is 1070 g/mol. The molecule has 2 aromatic heterocycles. The van der Waals surface area contributed by atoms with Crippen LogP contribution in [0.1, 0.15) is 27.8 Å². The van der Waals surface area contributed by atoms with Crippen molar-refractivity contribution in [3.63, 3.8) is 0 Å². The smallest absolute Gasteiger partial charge is 0.129 e. The lowest BCUT2D eigenvalue weighted by Crippen LogP contribution is -2.25. The summed E-state index contributed by atoms with van der Waals surface area (Å²) >= 11 is 1.24. The van der Waals surface area contributed by atoms with E-state index in [2.05, 4.69) is 258 Å². The lowest BCUT2D eigenvalue weighted by Gasteiger charge is -2.30. The highest BCUT2D eigenvalue weighted by Crippen LogP contribution is 2.63. The number of aromatic nitrogens is 3. The highest BCUT2D eigenvalue weighted by atomic mass is 32.1. The molecule has 0 radical (unpaired) electrons. The second-order valence-electron chi connectivity index (χ2n) is 21.8. The maximum absolute atomic E-state index is 10.3. The molecule has 0 atom stereocenters. The van der Waals surface area contributed by atoms with E-state index in [1.165, 1.54) is 99.7 Å². The topological polar surface area (TPSA) is 54.2 Å². The number of aliphatic hydroxyl groups is 1. The quantitative estimate of drug-likeness (QED) is 0.154. The van der Waals surface area contributed by atoms with Gasteiger partial charge in [-0.1, -0.05) is 188 Å². The van der Waals surface area contributed by atoms with Crippen LogP contribution in [0.15, 0.2) is 273 Å². The van der Waals surface area contributed by atoms with Crippen LogP contribution < -0.4 is 4.90 Å². The van der Waals surface area contributed by atoms with Crippen LogP contribution in [-0.2, 0) is 12.0 Å². The fraction of sp³-hybridized carbons (Fsp3) is 0.0263. The molecule has 82 heavy (non-hydrogen) atoms. The Hall–Kier alpha value is -10.2. The van der Waals surface area contributed by atoms with Crippen molar-refractivity contribution < 1.29 is 5.11 Å². The van der Waals surface area contributed by atoms with E-state index in [1.54, 1.807) is 0 Å². The van der Waals surface area contributed by atoms with Gasteiger partial charge in [0.2, 0.25) is 0 Å². The van der Waals surface area contributed by atoms with Crippen LogP contribution >= 0.6 is 11.7 Å². The molecule has 1 spiro atoms.